The average Bonchev–Trinajstić information content (AvgIpc) is 2.56. The number of carbonyl (C=O) groups is 3. The van der Waals surface area contributed by atoms with Crippen LogP contribution in [0.2, 0.25) is 0 Å². The Balaban J connectivity index is 2.16. The molecular formula is C13H20N2O5S. The molecule has 118 valence electrons. The summed E-state index contributed by atoms with van der Waals surface area (Å²) in [6.45, 7) is 7.01. The number of aliphatic carboxylic acids is 1. The highest BCUT2D eigenvalue weighted by Gasteiger charge is 2.66. The van der Waals surface area contributed by atoms with Crippen LogP contribution in [-0.2, 0) is 14.4 Å². The van der Waals surface area contributed by atoms with E-state index in [1.54, 1.807) is 27.7 Å². The quantitative estimate of drug-likeness (QED) is 0.611. The van der Waals surface area contributed by atoms with Crippen LogP contribution in [0.3, 0.4) is 0 Å². The van der Waals surface area contributed by atoms with Crippen molar-refractivity contribution in [1.82, 2.24) is 10.2 Å². The summed E-state index contributed by atoms with van der Waals surface area (Å²) in [4.78, 5) is 36.7. The minimum Gasteiger partial charge on any atom is -0.480 e. The van der Waals surface area contributed by atoms with E-state index >= 15 is 0 Å². The highest BCUT2D eigenvalue weighted by molar-refractivity contribution is 8.01. The van der Waals surface area contributed by atoms with Crippen molar-refractivity contribution >= 4 is 29.5 Å². The molecular weight excluding hydrogens is 296 g/mol. The summed E-state index contributed by atoms with van der Waals surface area (Å²) in [7, 11) is 0. The Kier molecular flexibility index (Phi) is 3.96. The van der Waals surface area contributed by atoms with Gasteiger partial charge in [-0.1, -0.05) is 0 Å². The van der Waals surface area contributed by atoms with Crippen molar-refractivity contribution < 1.29 is 24.6 Å². The molecule has 0 unspecified atom stereocenters. The van der Waals surface area contributed by atoms with Crippen molar-refractivity contribution in [1.29, 1.82) is 0 Å². The lowest BCUT2D eigenvalue weighted by Gasteiger charge is -2.45. The largest absolute Gasteiger partial charge is 0.480 e. The smallest absolute Gasteiger partial charge is 0.327 e. The van der Waals surface area contributed by atoms with Gasteiger partial charge in [0.05, 0.1) is 5.37 Å². The van der Waals surface area contributed by atoms with E-state index in [4.69, 9.17) is 0 Å². The van der Waals surface area contributed by atoms with E-state index in [2.05, 4.69) is 5.32 Å². The number of carbonyl (C=O) groups excluding carboxylic acids is 2. The summed E-state index contributed by atoms with van der Waals surface area (Å²) in [5.74, 6) is -3.02. The molecule has 0 radical (unpaired) electrons. The molecule has 2 heterocycles. The number of carboxylic acid groups (broad SMARTS) is 1. The normalized spacial score (nSPS) is 31.6. The number of carboxylic acids is 1. The van der Waals surface area contributed by atoms with Crippen molar-refractivity contribution in [2.75, 3.05) is 0 Å². The van der Waals surface area contributed by atoms with Gasteiger partial charge < -0.3 is 20.4 Å². The van der Waals surface area contributed by atoms with E-state index in [9.17, 15) is 24.6 Å². The Morgan fingerprint density at radius 3 is 2.43 bits per heavy atom. The van der Waals surface area contributed by atoms with E-state index in [1.165, 1.54) is 16.7 Å². The van der Waals surface area contributed by atoms with Crippen molar-refractivity contribution in [3.05, 3.63) is 0 Å². The third-order valence-corrected chi connectivity index (χ3v) is 5.35. The van der Waals surface area contributed by atoms with Crippen molar-refractivity contribution in [3.8, 4) is 0 Å². The Bertz CT molecular complexity index is 493. The molecule has 2 rings (SSSR count). The number of fused-ring (bicyclic) bond motifs is 1. The van der Waals surface area contributed by atoms with Crippen molar-refractivity contribution in [2.24, 2.45) is 5.92 Å². The highest BCUT2D eigenvalue weighted by atomic mass is 32.2. The van der Waals surface area contributed by atoms with Gasteiger partial charge in [-0.15, -0.1) is 11.8 Å². The molecule has 2 amide bonds. The minimum absolute atomic E-state index is 0.141. The monoisotopic (exact) mass is 316 g/mol. The molecule has 0 bridgehead atoms. The number of amides is 2. The number of thioether (sulfide) groups is 1. The van der Waals surface area contributed by atoms with Gasteiger partial charge in [-0.25, -0.2) is 4.79 Å². The standard InChI is InChI=1S/C13H20N2O5S/c1-5(2)14-9(17)7(16)6-10(18)15-8(12(19)20)13(3,4)21-11(6)15/h5-8,11,16H,1-4H3,(H,14,17)(H,19,20)/t6-,7+,8+,11-/m1/s1. The fourth-order valence-electron chi connectivity index (χ4n) is 2.87. The van der Waals surface area contributed by atoms with E-state index in [-0.39, 0.29) is 6.04 Å². The van der Waals surface area contributed by atoms with Crippen LogP contribution in [0.5, 0.6) is 0 Å². The van der Waals surface area contributed by atoms with Crippen LogP contribution in [0.4, 0.5) is 0 Å². The zero-order valence-electron chi connectivity index (χ0n) is 12.4. The molecule has 0 spiro atoms. The highest BCUT2D eigenvalue weighted by Crippen LogP contribution is 2.53. The first-order valence-electron chi connectivity index (χ1n) is 6.79. The van der Waals surface area contributed by atoms with Gasteiger partial charge in [-0.05, 0) is 27.7 Å². The second-order valence-corrected chi connectivity index (χ2v) is 8.00. The third-order valence-electron chi connectivity index (χ3n) is 3.76. The molecule has 2 aliphatic heterocycles. The molecule has 0 aliphatic carbocycles. The molecule has 2 aliphatic rings. The Hall–Kier alpha value is -1.28. The number of hydrogen-bond acceptors (Lipinski definition) is 5. The van der Waals surface area contributed by atoms with Crippen LogP contribution in [0.1, 0.15) is 27.7 Å². The van der Waals surface area contributed by atoms with Gasteiger partial charge in [0.15, 0.2) is 0 Å². The van der Waals surface area contributed by atoms with Crippen LogP contribution in [0, 0.1) is 5.92 Å². The first-order valence-corrected chi connectivity index (χ1v) is 7.67. The summed E-state index contributed by atoms with van der Waals surface area (Å²) in [5.41, 5.74) is 0. The van der Waals surface area contributed by atoms with Crippen LogP contribution < -0.4 is 5.32 Å². The van der Waals surface area contributed by atoms with Crippen LogP contribution in [-0.4, -0.2) is 61.2 Å². The number of aliphatic hydroxyl groups is 1. The maximum atomic E-state index is 12.2. The summed E-state index contributed by atoms with van der Waals surface area (Å²) in [6.07, 6.45) is -1.45. The Morgan fingerprint density at radius 2 is 1.95 bits per heavy atom. The molecule has 2 saturated heterocycles. The Labute approximate surface area is 127 Å². The minimum atomic E-state index is -1.45. The van der Waals surface area contributed by atoms with Gasteiger partial charge in [-0.2, -0.15) is 0 Å². The second-order valence-electron chi connectivity index (χ2n) is 6.23. The third kappa shape index (κ3) is 2.50. The lowest BCUT2D eigenvalue weighted by molar-refractivity contribution is -0.171. The predicted octanol–water partition coefficient (Wildman–Crippen LogP) is -0.365. The van der Waals surface area contributed by atoms with Gasteiger partial charge >= 0.3 is 5.97 Å². The molecule has 8 heteroatoms. The number of aliphatic hydroxyl groups excluding tert-OH is 1. The molecule has 21 heavy (non-hydrogen) atoms. The fourth-order valence-corrected chi connectivity index (χ4v) is 4.58. The molecule has 3 N–H and O–H groups in total. The topological polar surface area (TPSA) is 107 Å². The van der Waals surface area contributed by atoms with Crippen LogP contribution in [0.25, 0.3) is 0 Å². The molecule has 7 nitrogen and oxygen atoms in total. The second kappa shape index (κ2) is 5.17. The van der Waals surface area contributed by atoms with E-state index in [0.29, 0.717) is 0 Å². The molecule has 0 aromatic carbocycles. The molecule has 4 atom stereocenters. The van der Waals surface area contributed by atoms with Gasteiger partial charge in [0, 0.05) is 10.8 Å². The summed E-state index contributed by atoms with van der Waals surface area (Å²) in [6, 6.07) is -1.07. The van der Waals surface area contributed by atoms with E-state index in [1.807, 2.05) is 0 Å². The number of rotatable bonds is 4. The summed E-state index contributed by atoms with van der Waals surface area (Å²) in [5, 5.41) is 21.5. The number of β-lactam (4-membered cyclic amide) rings is 1. The lowest BCUT2D eigenvalue weighted by Crippen LogP contribution is -2.67. The molecule has 0 aromatic heterocycles. The van der Waals surface area contributed by atoms with Crippen molar-refractivity contribution in [3.63, 3.8) is 0 Å². The van der Waals surface area contributed by atoms with Gasteiger partial charge in [0.25, 0.3) is 0 Å². The zero-order valence-corrected chi connectivity index (χ0v) is 13.2. The van der Waals surface area contributed by atoms with Crippen LogP contribution in [0.15, 0.2) is 0 Å². The van der Waals surface area contributed by atoms with Gasteiger partial charge in [-0.3, -0.25) is 9.59 Å². The van der Waals surface area contributed by atoms with E-state index in [0.717, 1.165) is 0 Å². The van der Waals surface area contributed by atoms with Crippen LogP contribution >= 0.6 is 11.8 Å². The number of nitrogens with one attached hydrogen (secondary N) is 1. The maximum Gasteiger partial charge on any atom is 0.327 e. The first-order chi connectivity index (χ1) is 9.58. The number of nitrogens with zero attached hydrogens (tertiary/aromatic N) is 1. The van der Waals surface area contributed by atoms with Gasteiger partial charge in [0.1, 0.15) is 18.1 Å². The van der Waals surface area contributed by atoms with Gasteiger partial charge in [0.2, 0.25) is 11.8 Å². The predicted molar refractivity (Wildman–Crippen MR) is 76.5 cm³/mol. The SMILES string of the molecule is CC(C)NC(=O)[C@@H](O)[C@@H]1C(=O)N2[C@@H]1SC(C)(C)[C@@H]2C(=O)O. The van der Waals surface area contributed by atoms with Crippen molar-refractivity contribution in [2.45, 2.75) is 56.0 Å². The maximum absolute atomic E-state index is 12.2. The Morgan fingerprint density at radius 1 is 1.38 bits per heavy atom. The first kappa shape index (κ1) is 16.1. The lowest BCUT2D eigenvalue weighted by atomic mass is 9.87. The summed E-state index contributed by atoms with van der Waals surface area (Å²) >= 11 is 1.31. The average molecular weight is 316 g/mol. The molecule has 0 saturated carbocycles. The number of hydrogen-bond donors (Lipinski definition) is 3. The molecule has 2 fully saturated rings. The van der Waals surface area contributed by atoms with E-state index < -0.39 is 46.0 Å². The molecule has 0 aromatic rings. The summed E-state index contributed by atoms with van der Waals surface area (Å²) < 4.78 is -0.658. The zero-order chi connectivity index (χ0) is 16.1. The fraction of sp³-hybridized carbons (Fsp3) is 0.769.